The lowest BCUT2D eigenvalue weighted by atomic mass is 10.1. The van der Waals surface area contributed by atoms with Crippen molar-refractivity contribution in [1.29, 1.82) is 0 Å². The molecule has 0 saturated heterocycles. The van der Waals surface area contributed by atoms with Crippen LogP contribution in [0.4, 0.5) is 0 Å². The number of rotatable bonds is 10. The van der Waals surface area contributed by atoms with Crippen molar-refractivity contribution in [2.45, 2.75) is 20.3 Å². The Hall–Kier alpha value is -3.93. The SMILES string of the molecule is C=CCN(CC=C)C(=O)c1ccc(-n2nc(C(=O)OCC)cc2-c2ccc(CC)cc2)cc1. The Balaban J connectivity index is 1.99. The van der Waals surface area contributed by atoms with Gasteiger partial charge in [-0.05, 0) is 49.2 Å². The van der Waals surface area contributed by atoms with Gasteiger partial charge in [0.15, 0.2) is 5.69 Å². The molecule has 0 fully saturated rings. The highest BCUT2D eigenvalue weighted by Gasteiger charge is 2.19. The third-order valence-corrected chi connectivity index (χ3v) is 5.20. The standard InChI is InChI=1S/C27H29N3O3/c1-5-17-29(18-6-2)26(31)22-13-15-23(16-14-22)30-25(19-24(28-30)27(32)33-8-4)21-11-9-20(7-3)10-12-21/h5-6,9-16,19H,1-2,7-8,17-18H2,3-4H3. The van der Waals surface area contributed by atoms with Gasteiger partial charge in [0, 0.05) is 24.2 Å². The third kappa shape index (κ3) is 5.47. The normalized spacial score (nSPS) is 10.5. The van der Waals surface area contributed by atoms with Gasteiger partial charge in [-0.25, -0.2) is 9.48 Å². The fraction of sp³-hybridized carbons (Fsp3) is 0.222. The summed E-state index contributed by atoms with van der Waals surface area (Å²) in [5, 5.41) is 4.51. The number of benzene rings is 2. The lowest BCUT2D eigenvalue weighted by molar-refractivity contribution is 0.0518. The number of ether oxygens (including phenoxy) is 1. The fourth-order valence-corrected chi connectivity index (χ4v) is 3.48. The first kappa shape index (κ1) is 23.7. The first-order chi connectivity index (χ1) is 16.0. The van der Waals surface area contributed by atoms with E-state index >= 15 is 0 Å². The Labute approximate surface area is 194 Å². The van der Waals surface area contributed by atoms with Crippen LogP contribution in [0.5, 0.6) is 0 Å². The molecule has 0 aliphatic rings. The van der Waals surface area contributed by atoms with Crippen LogP contribution in [0.15, 0.2) is 79.9 Å². The molecule has 6 nitrogen and oxygen atoms in total. The number of carbonyl (C=O) groups excluding carboxylic acids is 2. The molecule has 1 amide bonds. The Kier molecular flexibility index (Phi) is 7.97. The molecule has 33 heavy (non-hydrogen) atoms. The molecule has 170 valence electrons. The van der Waals surface area contributed by atoms with Crippen LogP contribution in [-0.4, -0.2) is 46.3 Å². The highest BCUT2D eigenvalue weighted by Crippen LogP contribution is 2.25. The summed E-state index contributed by atoms with van der Waals surface area (Å²) >= 11 is 0. The minimum atomic E-state index is -0.473. The Morgan fingerprint density at radius 3 is 2.18 bits per heavy atom. The van der Waals surface area contributed by atoms with Gasteiger partial charge in [-0.3, -0.25) is 4.79 Å². The van der Waals surface area contributed by atoms with Crippen molar-refractivity contribution in [2.75, 3.05) is 19.7 Å². The van der Waals surface area contributed by atoms with E-state index in [1.165, 1.54) is 5.56 Å². The van der Waals surface area contributed by atoms with Gasteiger partial charge in [0.2, 0.25) is 0 Å². The van der Waals surface area contributed by atoms with Gasteiger partial charge in [-0.1, -0.05) is 43.3 Å². The van der Waals surface area contributed by atoms with E-state index < -0.39 is 5.97 Å². The summed E-state index contributed by atoms with van der Waals surface area (Å²) in [5.74, 6) is -0.580. The van der Waals surface area contributed by atoms with E-state index in [1.54, 1.807) is 46.9 Å². The van der Waals surface area contributed by atoms with Gasteiger partial charge in [0.1, 0.15) is 0 Å². The van der Waals surface area contributed by atoms with Crippen molar-refractivity contribution in [3.63, 3.8) is 0 Å². The number of nitrogens with zero attached hydrogens (tertiary/aromatic N) is 3. The molecule has 0 atom stereocenters. The number of carbonyl (C=O) groups is 2. The molecule has 0 aliphatic heterocycles. The van der Waals surface area contributed by atoms with Crippen molar-refractivity contribution >= 4 is 11.9 Å². The summed E-state index contributed by atoms with van der Waals surface area (Å²) in [6.45, 7) is 12.4. The highest BCUT2D eigenvalue weighted by atomic mass is 16.5. The Morgan fingerprint density at radius 1 is 1.00 bits per heavy atom. The van der Waals surface area contributed by atoms with Gasteiger partial charge in [-0.15, -0.1) is 13.2 Å². The van der Waals surface area contributed by atoms with Crippen LogP contribution in [0, 0.1) is 0 Å². The van der Waals surface area contributed by atoms with Gasteiger partial charge in [-0.2, -0.15) is 5.10 Å². The number of esters is 1. The maximum atomic E-state index is 12.8. The van der Waals surface area contributed by atoms with Crippen molar-refractivity contribution in [1.82, 2.24) is 14.7 Å². The predicted molar refractivity (Wildman–Crippen MR) is 131 cm³/mol. The minimum Gasteiger partial charge on any atom is -0.461 e. The second-order valence-corrected chi connectivity index (χ2v) is 7.43. The summed E-state index contributed by atoms with van der Waals surface area (Å²) in [5.41, 5.74) is 4.43. The topological polar surface area (TPSA) is 64.4 Å². The van der Waals surface area contributed by atoms with Crippen LogP contribution in [0.25, 0.3) is 16.9 Å². The number of amides is 1. The summed E-state index contributed by atoms with van der Waals surface area (Å²) in [6.07, 6.45) is 4.32. The van der Waals surface area contributed by atoms with Crippen LogP contribution < -0.4 is 0 Å². The second-order valence-electron chi connectivity index (χ2n) is 7.43. The highest BCUT2D eigenvalue weighted by molar-refractivity contribution is 5.94. The van der Waals surface area contributed by atoms with Crippen LogP contribution in [-0.2, 0) is 11.2 Å². The second kappa shape index (κ2) is 11.1. The smallest absolute Gasteiger partial charge is 0.358 e. The van der Waals surface area contributed by atoms with E-state index in [0.717, 1.165) is 23.4 Å². The minimum absolute atomic E-state index is 0.107. The maximum Gasteiger partial charge on any atom is 0.358 e. The average molecular weight is 444 g/mol. The molecule has 2 aromatic carbocycles. The lowest BCUT2D eigenvalue weighted by Crippen LogP contribution is -2.31. The zero-order valence-electron chi connectivity index (χ0n) is 19.2. The van der Waals surface area contributed by atoms with Gasteiger partial charge in [0.25, 0.3) is 5.91 Å². The Morgan fingerprint density at radius 2 is 1.64 bits per heavy atom. The molecule has 0 saturated carbocycles. The van der Waals surface area contributed by atoms with E-state index in [2.05, 4.69) is 37.3 Å². The van der Waals surface area contributed by atoms with Crippen LogP contribution in [0.1, 0.15) is 40.3 Å². The fourth-order valence-electron chi connectivity index (χ4n) is 3.48. The van der Waals surface area contributed by atoms with E-state index in [4.69, 9.17) is 4.74 Å². The van der Waals surface area contributed by atoms with Crippen molar-refractivity contribution < 1.29 is 14.3 Å². The average Bonchev–Trinajstić information content (AvgIpc) is 3.29. The zero-order chi connectivity index (χ0) is 23.8. The number of hydrogen-bond acceptors (Lipinski definition) is 4. The quantitative estimate of drug-likeness (QED) is 0.323. The summed E-state index contributed by atoms with van der Waals surface area (Å²) in [4.78, 5) is 26.8. The third-order valence-electron chi connectivity index (χ3n) is 5.20. The van der Waals surface area contributed by atoms with Gasteiger partial charge < -0.3 is 9.64 Å². The zero-order valence-corrected chi connectivity index (χ0v) is 19.2. The lowest BCUT2D eigenvalue weighted by Gasteiger charge is -2.19. The molecule has 1 heterocycles. The molecular weight excluding hydrogens is 414 g/mol. The van der Waals surface area contributed by atoms with Crippen molar-refractivity contribution in [3.05, 3.63) is 96.7 Å². The molecule has 1 aromatic heterocycles. The van der Waals surface area contributed by atoms with Crippen LogP contribution in [0.2, 0.25) is 0 Å². The van der Waals surface area contributed by atoms with E-state index in [-0.39, 0.29) is 18.2 Å². The predicted octanol–water partition coefficient (Wildman–Crippen LogP) is 5.09. The van der Waals surface area contributed by atoms with Crippen LogP contribution >= 0.6 is 0 Å². The van der Waals surface area contributed by atoms with Gasteiger partial charge in [0.05, 0.1) is 18.0 Å². The van der Waals surface area contributed by atoms with Crippen LogP contribution in [0.3, 0.4) is 0 Å². The molecule has 3 aromatic rings. The summed E-state index contributed by atoms with van der Waals surface area (Å²) in [7, 11) is 0. The van der Waals surface area contributed by atoms with E-state index in [0.29, 0.717) is 18.7 Å². The first-order valence-corrected chi connectivity index (χ1v) is 11.0. The molecule has 3 rings (SSSR count). The number of aryl methyl sites for hydroxylation is 1. The molecule has 0 N–H and O–H groups in total. The number of aromatic nitrogens is 2. The first-order valence-electron chi connectivity index (χ1n) is 11.0. The van der Waals surface area contributed by atoms with Crippen molar-refractivity contribution in [3.8, 4) is 16.9 Å². The monoisotopic (exact) mass is 443 g/mol. The van der Waals surface area contributed by atoms with E-state index in [1.807, 2.05) is 24.3 Å². The Bertz CT molecular complexity index is 1120. The molecule has 0 radical (unpaired) electrons. The molecule has 0 bridgehead atoms. The van der Waals surface area contributed by atoms with Crippen molar-refractivity contribution in [2.24, 2.45) is 0 Å². The van der Waals surface area contributed by atoms with Gasteiger partial charge >= 0.3 is 5.97 Å². The summed E-state index contributed by atoms with van der Waals surface area (Å²) < 4.78 is 6.85. The molecular formula is C27H29N3O3. The molecule has 6 heteroatoms. The summed E-state index contributed by atoms with van der Waals surface area (Å²) in [6, 6.07) is 17.0. The molecule has 0 spiro atoms. The number of hydrogen-bond donors (Lipinski definition) is 0. The molecule has 0 aliphatic carbocycles. The largest absolute Gasteiger partial charge is 0.461 e. The van der Waals surface area contributed by atoms with E-state index in [9.17, 15) is 9.59 Å². The molecule has 0 unspecified atom stereocenters. The maximum absolute atomic E-state index is 12.8.